The van der Waals surface area contributed by atoms with Gasteiger partial charge in [-0.25, -0.2) is 9.37 Å². The lowest BCUT2D eigenvalue weighted by Gasteiger charge is -2.33. The molecule has 1 amide bonds. The summed E-state index contributed by atoms with van der Waals surface area (Å²) < 4.78 is 54.8. The Morgan fingerprint density at radius 3 is 2.70 bits per heavy atom. The number of rotatable bonds is 2. The number of pyridine rings is 1. The Kier molecular flexibility index (Phi) is 4.97. The molecule has 6 nitrogen and oxygen atoms in total. The van der Waals surface area contributed by atoms with Gasteiger partial charge < -0.3 is 4.90 Å². The molecule has 4 rings (SSSR count). The van der Waals surface area contributed by atoms with E-state index in [4.69, 9.17) is 11.6 Å². The summed E-state index contributed by atoms with van der Waals surface area (Å²) >= 11 is 5.91. The Morgan fingerprint density at radius 1 is 1.23 bits per heavy atom. The van der Waals surface area contributed by atoms with Crippen molar-refractivity contribution in [2.24, 2.45) is 0 Å². The van der Waals surface area contributed by atoms with Crippen LogP contribution in [0.15, 0.2) is 36.5 Å². The Bertz CT molecular complexity index is 1130. The minimum absolute atomic E-state index is 0.00361. The third-order valence-electron chi connectivity index (χ3n) is 4.92. The largest absolute Gasteiger partial charge is 0.417 e. The quantitative estimate of drug-likeness (QED) is 0.565. The summed E-state index contributed by atoms with van der Waals surface area (Å²) in [6, 6.07) is 5.49. The molecule has 0 radical (unpaired) electrons. The number of carbonyl (C=O) groups is 1. The van der Waals surface area contributed by atoms with Gasteiger partial charge >= 0.3 is 6.18 Å². The SMILES string of the molecule is CC1Cc2c(nnn2-c2ncccc2F)CN1C(=O)c1cccc(C(F)(F)F)c1Cl. The van der Waals surface area contributed by atoms with Crippen LogP contribution in [0.2, 0.25) is 5.02 Å². The van der Waals surface area contributed by atoms with Crippen LogP contribution in [0.25, 0.3) is 5.82 Å². The first-order valence-corrected chi connectivity index (χ1v) is 9.27. The van der Waals surface area contributed by atoms with Crippen molar-refractivity contribution in [2.75, 3.05) is 0 Å². The second-order valence-electron chi connectivity index (χ2n) is 6.85. The van der Waals surface area contributed by atoms with E-state index in [2.05, 4.69) is 15.3 Å². The van der Waals surface area contributed by atoms with Gasteiger partial charge in [0, 0.05) is 18.7 Å². The van der Waals surface area contributed by atoms with Crippen molar-refractivity contribution >= 4 is 17.5 Å². The molecule has 3 aromatic rings. The molecule has 156 valence electrons. The molecule has 0 spiro atoms. The molecule has 1 unspecified atom stereocenters. The zero-order chi connectivity index (χ0) is 21.6. The fraction of sp³-hybridized carbons (Fsp3) is 0.263. The molecule has 0 N–H and O–H groups in total. The molecule has 1 aliphatic heterocycles. The van der Waals surface area contributed by atoms with Crippen molar-refractivity contribution in [2.45, 2.75) is 32.1 Å². The summed E-state index contributed by atoms with van der Waals surface area (Å²) in [4.78, 5) is 18.4. The lowest BCUT2D eigenvalue weighted by atomic mass is 10.0. The highest BCUT2D eigenvalue weighted by Gasteiger charge is 2.37. The molecular weight excluding hydrogens is 426 g/mol. The molecule has 11 heteroatoms. The van der Waals surface area contributed by atoms with E-state index < -0.39 is 34.5 Å². The van der Waals surface area contributed by atoms with E-state index in [0.29, 0.717) is 11.4 Å². The molecule has 1 aliphatic rings. The van der Waals surface area contributed by atoms with Crippen LogP contribution in [-0.4, -0.2) is 36.8 Å². The predicted octanol–water partition coefficient (Wildman–Crippen LogP) is 4.06. The van der Waals surface area contributed by atoms with Crippen molar-refractivity contribution in [3.63, 3.8) is 0 Å². The van der Waals surface area contributed by atoms with Gasteiger partial charge in [-0.05, 0) is 31.2 Å². The highest BCUT2D eigenvalue weighted by Crippen LogP contribution is 2.37. The number of halogens is 5. The highest BCUT2D eigenvalue weighted by molar-refractivity contribution is 6.34. The Balaban J connectivity index is 1.67. The van der Waals surface area contributed by atoms with Crippen LogP contribution >= 0.6 is 11.6 Å². The summed E-state index contributed by atoms with van der Waals surface area (Å²) in [7, 11) is 0. The van der Waals surface area contributed by atoms with Crippen molar-refractivity contribution < 1.29 is 22.4 Å². The van der Waals surface area contributed by atoms with Gasteiger partial charge in [0.25, 0.3) is 5.91 Å². The maximum atomic E-state index is 14.1. The number of alkyl halides is 3. The Labute approximate surface area is 173 Å². The van der Waals surface area contributed by atoms with Crippen LogP contribution in [0.3, 0.4) is 0 Å². The maximum absolute atomic E-state index is 14.1. The van der Waals surface area contributed by atoms with E-state index in [1.807, 2.05) is 0 Å². The second kappa shape index (κ2) is 7.35. The normalized spacial score (nSPS) is 16.5. The number of aromatic nitrogens is 4. The van der Waals surface area contributed by atoms with Gasteiger partial charge in [0.15, 0.2) is 11.6 Å². The minimum atomic E-state index is -4.68. The molecule has 1 aromatic carbocycles. The molecule has 2 aromatic heterocycles. The van der Waals surface area contributed by atoms with E-state index in [-0.39, 0.29) is 24.3 Å². The summed E-state index contributed by atoms with van der Waals surface area (Å²) in [5, 5.41) is 7.31. The van der Waals surface area contributed by atoms with E-state index in [9.17, 15) is 22.4 Å². The van der Waals surface area contributed by atoms with Gasteiger partial charge in [-0.1, -0.05) is 22.9 Å². The average molecular weight is 440 g/mol. The fourth-order valence-corrected chi connectivity index (χ4v) is 3.73. The number of amides is 1. The first-order chi connectivity index (χ1) is 14.2. The lowest BCUT2D eigenvalue weighted by molar-refractivity contribution is -0.137. The number of hydrogen-bond donors (Lipinski definition) is 0. The van der Waals surface area contributed by atoms with Crippen molar-refractivity contribution in [1.29, 1.82) is 0 Å². The molecule has 0 bridgehead atoms. The summed E-state index contributed by atoms with van der Waals surface area (Å²) in [5.41, 5.74) is -0.323. The molecule has 0 saturated heterocycles. The fourth-order valence-electron chi connectivity index (χ4n) is 3.41. The van der Waals surface area contributed by atoms with E-state index >= 15 is 0 Å². The average Bonchev–Trinajstić information content (AvgIpc) is 3.09. The monoisotopic (exact) mass is 439 g/mol. The number of nitrogens with zero attached hydrogens (tertiary/aromatic N) is 5. The van der Waals surface area contributed by atoms with Gasteiger partial charge in [0.1, 0.15) is 5.69 Å². The first kappa shape index (κ1) is 20.3. The van der Waals surface area contributed by atoms with Crippen molar-refractivity contribution in [1.82, 2.24) is 24.9 Å². The first-order valence-electron chi connectivity index (χ1n) is 8.89. The molecule has 0 aliphatic carbocycles. The highest BCUT2D eigenvalue weighted by atomic mass is 35.5. The van der Waals surface area contributed by atoms with Crippen molar-refractivity contribution in [3.8, 4) is 5.82 Å². The third-order valence-corrected chi connectivity index (χ3v) is 5.33. The Morgan fingerprint density at radius 2 is 2.00 bits per heavy atom. The number of carbonyl (C=O) groups excluding carboxylic acids is 1. The zero-order valence-corrected chi connectivity index (χ0v) is 16.2. The van der Waals surface area contributed by atoms with Gasteiger partial charge in [-0.15, -0.1) is 5.10 Å². The zero-order valence-electron chi connectivity index (χ0n) is 15.5. The number of fused-ring (bicyclic) bond motifs is 1. The topological polar surface area (TPSA) is 63.9 Å². The predicted molar refractivity (Wildman–Crippen MR) is 98.6 cm³/mol. The number of hydrogen-bond acceptors (Lipinski definition) is 4. The van der Waals surface area contributed by atoms with Crippen LogP contribution < -0.4 is 0 Å². The van der Waals surface area contributed by atoms with Crippen LogP contribution in [0.5, 0.6) is 0 Å². The molecule has 1 atom stereocenters. The molecule has 30 heavy (non-hydrogen) atoms. The van der Waals surface area contributed by atoms with Crippen LogP contribution in [0, 0.1) is 5.82 Å². The second-order valence-corrected chi connectivity index (χ2v) is 7.23. The van der Waals surface area contributed by atoms with Crippen LogP contribution in [-0.2, 0) is 19.1 Å². The third kappa shape index (κ3) is 3.41. The summed E-state index contributed by atoms with van der Waals surface area (Å²) in [5.74, 6) is -1.24. The molecule has 0 fully saturated rings. The molecule has 3 heterocycles. The van der Waals surface area contributed by atoms with Crippen LogP contribution in [0.4, 0.5) is 17.6 Å². The number of benzene rings is 1. The lowest BCUT2D eigenvalue weighted by Crippen LogP contribution is -2.43. The van der Waals surface area contributed by atoms with Crippen molar-refractivity contribution in [3.05, 3.63) is 69.9 Å². The summed E-state index contributed by atoms with van der Waals surface area (Å²) in [6.45, 7) is 1.73. The maximum Gasteiger partial charge on any atom is 0.417 e. The standard InChI is InChI=1S/C19H14ClF4N5O/c1-10-8-15-14(26-27-29(15)17-13(21)6-3-7-25-17)9-28(10)18(30)11-4-2-5-12(16(11)20)19(22,23)24/h2-7,10H,8-9H2,1H3. The molecule has 0 saturated carbocycles. The van der Waals surface area contributed by atoms with Gasteiger partial charge in [-0.3, -0.25) is 4.79 Å². The molecular formula is C19H14ClF4N5O. The summed E-state index contributed by atoms with van der Waals surface area (Å²) in [6.07, 6.45) is -2.99. The van der Waals surface area contributed by atoms with E-state index in [1.165, 1.54) is 34.0 Å². The van der Waals surface area contributed by atoms with Gasteiger partial charge in [0.2, 0.25) is 0 Å². The Hall–Kier alpha value is -3.01. The van der Waals surface area contributed by atoms with E-state index in [1.54, 1.807) is 6.92 Å². The van der Waals surface area contributed by atoms with Crippen LogP contribution in [0.1, 0.15) is 34.2 Å². The van der Waals surface area contributed by atoms with Gasteiger partial charge in [-0.2, -0.15) is 17.9 Å². The minimum Gasteiger partial charge on any atom is -0.329 e. The van der Waals surface area contributed by atoms with E-state index in [0.717, 1.165) is 12.1 Å². The van der Waals surface area contributed by atoms with Gasteiger partial charge in [0.05, 0.1) is 28.4 Å². The smallest absolute Gasteiger partial charge is 0.329 e.